The summed E-state index contributed by atoms with van der Waals surface area (Å²) < 4.78 is 11.9. The lowest BCUT2D eigenvalue weighted by Crippen LogP contribution is -1.85. The Morgan fingerprint density at radius 1 is 0.364 bits per heavy atom. The standard InChI is InChI=1S/C20H41FO/c21-19-17-15-13-11-9-7-5-3-1-2-4-6-8-10-12-14-16-18-20-22/h22H,1-20H2. The summed E-state index contributed by atoms with van der Waals surface area (Å²) in [6.45, 7) is 0.225. The van der Waals surface area contributed by atoms with Gasteiger partial charge in [-0.3, -0.25) is 4.39 Å². The van der Waals surface area contributed by atoms with Crippen LogP contribution in [-0.4, -0.2) is 18.4 Å². The Hall–Kier alpha value is -0.110. The lowest BCUT2D eigenvalue weighted by Gasteiger charge is -2.03. The van der Waals surface area contributed by atoms with Crippen LogP contribution in [0.2, 0.25) is 0 Å². The number of halogens is 1. The van der Waals surface area contributed by atoms with Gasteiger partial charge in [0.2, 0.25) is 0 Å². The highest BCUT2D eigenvalue weighted by molar-refractivity contribution is 4.50. The Kier molecular flexibility index (Phi) is 20.8. The van der Waals surface area contributed by atoms with Crippen molar-refractivity contribution in [3.63, 3.8) is 0 Å². The van der Waals surface area contributed by atoms with E-state index in [9.17, 15) is 4.39 Å². The van der Waals surface area contributed by atoms with E-state index in [1.54, 1.807) is 0 Å². The van der Waals surface area contributed by atoms with Gasteiger partial charge in [-0.1, -0.05) is 103 Å². The van der Waals surface area contributed by atoms with E-state index in [0.717, 1.165) is 19.3 Å². The molecular weight excluding hydrogens is 275 g/mol. The van der Waals surface area contributed by atoms with Crippen LogP contribution in [0.4, 0.5) is 4.39 Å². The summed E-state index contributed by atoms with van der Waals surface area (Å²) in [5.41, 5.74) is 0. The first-order valence-electron chi connectivity index (χ1n) is 10.1. The van der Waals surface area contributed by atoms with Crippen molar-refractivity contribution in [3.05, 3.63) is 0 Å². The number of aliphatic hydroxyl groups is 1. The van der Waals surface area contributed by atoms with Crippen LogP contribution < -0.4 is 0 Å². The maximum atomic E-state index is 11.9. The highest BCUT2D eigenvalue weighted by Crippen LogP contribution is 2.14. The van der Waals surface area contributed by atoms with Crippen molar-refractivity contribution >= 4 is 0 Å². The Labute approximate surface area is 139 Å². The zero-order valence-corrected chi connectivity index (χ0v) is 15.0. The molecule has 0 heterocycles. The summed E-state index contributed by atoms with van der Waals surface area (Å²) in [5.74, 6) is 0. The van der Waals surface area contributed by atoms with E-state index in [0.29, 0.717) is 6.61 Å². The van der Waals surface area contributed by atoms with E-state index in [4.69, 9.17) is 5.11 Å². The molecule has 0 aromatic heterocycles. The first-order valence-corrected chi connectivity index (χ1v) is 10.1. The molecule has 0 rings (SSSR count). The molecule has 0 saturated heterocycles. The largest absolute Gasteiger partial charge is 0.396 e. The summed E-state index contributed by atoms with van der Waals surface area (Å²) in [4.78, 5) is 0. The fraction of sp³-hybridized carbons (Fsp3) is 1.00. The van der Waals surface area contributed by atoms with Crippen LogP contribution in [0.1, 0.15) is 116 Å². The average Bonchev–Trinajstić information content (AvgIpc) is 2.54. The van der Waals surface area contributed by atoms with E-state index in [-0.39, 0.29) is 6.67 Å². The van der Waals surface area contributed by atoms with E-state index < -0.39 is 0 Å². The summed E-state index contributed by atoms with van der Waals surface area (Å²) in [7, 11) is 0. The van der Waals surface area contributed by atoms with Gasteiger partial charge in [0.05, 0.1) is 6.67 Å². The zero-order valence-electron chi connectivity index (χ0n) is 15.0. The van der Waals surface area contributed by atoms with Crippen LogP contribution in [0.5, 0.6) is 0 Å². The lowest BCUT2D eigenvalue weighted by atomic mass is 10.0. The summed E-state index contributed by atoms with van der Waals surface area (Å²) in [6, 6.07) is 0. The molecule has 0 spiro atoms. The SMILES string of the molecule is OCCCCCCCCCCCCCCCCCCCCF. The minimum Gasteiger partial charge on any atom is -0.396 e. The third kappa shape index (κ3) is 19.9. The lowest BCUT2D eigenvalue weighted by molar-refractivity contribution is 0.282. The predicted octanol–water partition coefficient (Wildman–Crippen LogP) is 6.97. The zero-order chi connectivity index (χ0) is 16.1. The predicted molar refractivity (Wildman–Crippen MR) is 96.2 cm³/mol. The van der Waals surface area contributed by atoms with Gasteiger partial charge in [0.15, 0.2) is 0 Å². The minimum atomic E-state index is -0.135. The summed E-state index contributed by atoms with van der Waals surface area (Å²) in [5, 5.41) is 8.69. The van der Waals surface area contributed by atoms with Crippen molar-refractivity contribution in [1.29, 1.82) is 0 Å². The van der Waals surface area contributed by atoms with Crippen LogP contribution >= 0.6 is 0 Å². The van der Waals surface area contributed by atoms with E-state index in [1.165, 1.54) is 96.3 Å². The quantitative estimate of drug-likeness (QED) is 0.255. The van der Waals surface area contributed by atoms with Crippen LogP contribution in [-0.2, 0) is 0 Å². The molecule has 22 heavy (non-hydrogen) atoms. The fourth-order valence-corrected chi connectivity index (χ4v) is 3.03. The number of aliphatic hydroxyl groups excluding tert-OH is 1. The van der Waals surface area contributed by atoms with Gasteiger partial charge in [0.25, 0.3) is 0 Å². The summed E-state index contributed by atoms with van der Waals surface area (Å²) >= 11 is 0. The van der Waals surface area contributed by atoms with E-state index in [2.05, 4.69) is 0 Å². The van der Waals surface area contributed by atoms with Crippen molar-refractivity contribution in [2.24, 2.45) is 0 Å². The van der Waals surface area contributed by atoms with Crippen LogP contribution in [0.25, 0.3) is 0 Å². The molecule has 0 bridgehead atoms. The maximum absolute atomic E-state index is 11.9. The normalized spacial score (nSPS) is 11.2. The number of unbranched alkanes of at least 4 members (excludes halogenated alkanes) is 17. The number of alkyl halides is 1. The smallest absolute Gasteiger partial charge is 0.0894 e. The van der Waals surface area contributed by atoms with Gasteiger partial charge in [0.1, 0.15) is 0 Å². The fourth-order valence-electron chi connectivity index (χ4n) is 3.03. The van der Waals surface area contributed by atoms with Gasteiger partial charge in [-0.2, -0.15) is 0 Å². The van der Waals surface area contributed by atoms with Crippen LogP contribution in [0.15, 0.2) is 0 Å². The Morgan fingerprint density at radius 2 is 0.591 bits per heavy atom. The number of hydrogen-bond donors (Lipinski definition) is 1. The Morgan fingerprint density at radius 3 is 0.818 bits per heavy atom. The molecule has 0 aromatic rings. The first kappa shape index (κ1) is 21.9. The average molecular weight is 317 g/mol. The van der Waals surface area contributed by atoms with Gasteiger partial charge in [-0.05, 0) is 12.8 Å². The van der Waals surface area contributed by atoms with Crippen LogP contribution in [0, 0.1) is 0 Å². The van der Waals surface area contributed by atoms with Crippen LogP contribution in [0.3, 0.4) is 0 Å². The van der Waals surface area contributed by atoms with Gasteiger partial charge in [-0.25, -0.2) is 0 Å². The molecule has 0 fully saturated rings. The molecular formula is C20H41FO. The third-order valence-electron chi connectivity index (χ3n) is 4.54. The molecule has 0 aliphatic carbocycles. The van der Waals surface area contributed by atoms with Crippen molar-refractivity contribution < 1.29 is 9.50 Å². The second-order valence-electron chi connectivity index (χ2n) is 6.78. The van der Waals surface area contributed by atoms with Gasteiger partial charge in [0, 0.05) is 6.61 Å². The topological polar surface area (TPSA) is 20.2 Å². The van der Waals surface area contributed by atoms with Gasteiger partial charge in [-0.15, -0.1) is 0 Å². The molecule has 0 aliphatic heterocycles. The van der Waals surface area contributed by atoms with E-state index in [1.807, 2.05) is 0 Å². The molecule has 0 aliphatic rings. The maximum Gasteiger partial charge on any atom is 0.0894 e. The van der Waals surface area contributed by atoms with Crippen molar-refractivity contribution in [3.8, 4) is 0 Å². The summed E-state index contributed by atoms with van der Waals surface area (Å²) in [6.07, 6.45) is 23.2. The Balaban J connectivity index is 2.91. The molecule has 0 unspecified atom stereocenters. The molecule has 2 heteroatoms. The van der Waals surface area contributed by atoms with Crippen molar-refractivity contribution in [2.75, 3.05) is 13.3 Å². The van der Waals surface area contributed by atoms with Crippen molar-refractivity contribution in [1.82, 2.24) is 0 Å². The Bertz CT molecular complexity index is 165. The highest BCUT2D eigenvalue weighted by Gasteiger charge is 1.95. The molecule has 0 aromatic carbocycles. The first-order chi connectivity index (χ1) is 10.9. The van der Waals surface area contributed by atoms with E-state index >= 15 is 0 Å². The molecule has 0 saturated carbocycles. The van der Waals surface area contributed by atoms with Gasteiger partial charge >= 0.3 is 0 Å². The minimum absolute atomic E-state index is 0.135. The molecule has 1 N–H and O–H groups in total. The molecule has 0 radical (unpaired) electrons. The molecule has 0 amide bonds. The monoisotopic (exact) mass is 316 g/mol. The second kappa shape index (κ2) is 20.9. The van der Waals surface area contributed by atoms with Crippen molar-refractivity contribution in [2.45, 2.75) is 116 Å². The molecule has 0 atom stereocenters. The molecule has 1 nitrogen and oxygen atoms in total. The van der Waals surface area contributed by atoms with Gasteiger partial charge < -0.3 is 5.11 Å². The third-order valence-corrected chi connectivity index (χ3v) is 4.54. The number of rotatable bonds is 19. The highest BCUT2D eigenvalue weighted by atomic mass is 19.1. The number of hydrogen-bond acceptors (Lipinski definition) is 1. The molecule has 134 valence electrons. The second-order valence-corrected chi connectivity index (χ2v) is 6.78.